The quantitative estimate of drug-likeness (QED) is 0.653. The average Bonchev–Trinajstić information content (AvgIpc) is 2.40. The lowest BCUT2D eigenvalue weighted by molar-refractivity contribution is -0.138. The summed E-state index contributed by atoms with van der Waals surface area (Å²) in [6, 6.07) is 0. The van der Waals surface area contributed by atoms with E-state index >= 15 is 0 Å². The molecule has 0 aromatic heterocycles. The third-order valence-corrected chi connectivity index (χ3v) is 3.07. The van der Waals surface area contributed by atoms with Crippen LogP contribution < -0.4 is 5.73 Å². The Labute approximate surface area is 110 Å². The zero-order valence-electron chi connectivity index (χ0n) is 11.4. The van der Waals surface area contributed by atoms with Gasteiger partial charge in [0.05, 0.1) is 6.10 Å². The summed E-state index contributed by atoms with van der Waals surface area (Å²) in [6.45, 7) is 5.87. The van der Waals surface area contributed by atoms with E-state index in [0.717, 1.165) is 45.4 Å². The Morgan fingerprint density at radius 2 is 2.06 bits per heavy atom. The molecule has 0 aliphatic carbocycles. The number of carbonyl (C=O) groups excluding carboxylic acids is 1. The molecular weight excluding hydrogens is 232 g/mol. The first-order valence-electron chi connectivity index (χ1n) is 6.95. The summed E-state index contributed by atoms with van der Waals surface area (Å²) < 4.78 is 11.0. The molecule has 0 atom stereocenters. The van der Waals surface area contributed by atoms with Crippen LogP contribution in [0.1, 0.15) is 32.6 Å². The second-order valence-corrected chi connectivity index (χ2v) is 4.65. The highest BCUT2D eigenvalue weighted by Gasteiger charge is 2.22. The summed E-state index contributed by atoms with van der Waals surface area (Å²) in [7, 11) is 0. The van der Waals surface area contributed by atoms with Gasteiger partial charge in [-0.3, -0.25) is 4.79 Å². The van der Waals surface area contributed by atoms with Gasteiger partial charge in [0.15, 0.2) is 0 Å². The molecule has 1 aliphatic rings. The van der Waals surface area contributed by atoms with Crippen LogP contribution in [0.2, 0.25) is 0 Å². The van der Waals surface area contributed by atoms with Crippen LogP contribution >= 0.6 is 0 Å². The number of rotatable bonds is 8. The summed E-state index contributed by atoms with van der Waals surface area (Å²) in [5.41, 5.74) is 5.42. The molecule has 1 amide bonds. The summed E-state index contributed by atoms with van der Waals surface area (Å²) in [4.78, 5) is 13.7. The molecule has 1 heterocycles. The molecule has 106 valence electrons. The Kier molecular flexibility index (Phi) is 7.96. The van der Waals surface area contributed by atoms with Crippen molar-refractivity contribution < 1.29 is 14.3 Å². The van der Waals surface area contributed by atoms with Gasteiger partial charge in [0.2, 0.25) is 5.91 Å². The Morgan fingerprint density at radius 1 is 1.33 bits per heavy atom. The highest BCUT2D eigenvalue weighted by atomic mass is 16.5. The van der Waals surface area contributed by atoms with Gasteiger partial charge in [-0.25, -0.2) is 0 Å². The van der Waals surface area contributed by atoms with Crippen molar-refractivity contribution in [3.8, 4) is 0 Å². The van der Waals surface area contributed by atoms with E-state index in [0.29, 0.717) is 13.2 Å². The van der Waals surface area contributed by atoms with E-state index in [1.54, 1.807) is 0 Å². The Balaban J connectivity index is 2.12. The topological polar surface area (TPSA) is 64.8 Å². The lowest BCUT2D eigenvalue weighted by atomic mass is 10.1. The number of nitrogens with two attached hydrogens (primary N) is 1. The number of piperidine rings is 1. The number of hydrogen-bond acceptors (Lipinski definition) is 4. The first kappa shape index (κ1) is 15.4. The Hall–Kier alpha value is -0.650. The Bertz CT molecular complexity index is 228. The summed E-state index contributed by atoms with van der Waals surface area (Å²) in [5, 5.41) is 0. The van der Waals surface area contributed by atoms with Crippen LogP contribution in [-0.4, -0.2) is 56.4 Å². The fraction of sp³-hybridized carbons (Fsp3) is 0.923. The maximum absolute atomic E-state index is 11.8. The zero-order chi connectivity index (χ0) is 13.2. The maximum atomic E-state index is 11.8. The molecule has 0 aromatic carbocycles. The molecule has 18 heavy (non-hydrogen) atoms. The fourth-order valence-corrected chi connectivity index (χ4v) is 2.00. The normalized spacial score (nSPS) is 17.1. The highest BCUT2D eigenvalue weighted by molar-refractivity contribution is 5.77. The summed E-state index contributed by atoms with van der Waals surface area (Å²) in [6.07, 6.45) is 3.99. The third kappa shape index (κ3) is 5.80. The number of hydrogen-bond donors (Lipinski definition) is 1. The molecule has 1 rings (SSSR count). The van der Waals surface area contributed by atoms with Crippen molar-refractivity contribution in [2.45, 2.75) is 38.7 Å². The number of carbonyl (C=O) groups is 1. The van der Waals surface area contributed by atoms with Gasteiger partial charge in [0.1, 0.15) is 6.61 Å². The number of amides is 1. The minimum atomic E-state index is 0.101. The molecule has 0 spiro atoms. The van der Waals surface area contributed by atoms with Crippen molar-refractivity contribution in [1.29, 1.82) is 0 Å². The summed E-state index contributed by atoms with van der Waals surface area (Å²) in [5.74, 6) is 0.101. The molecule has 0 radical (unpaired) electrons. The molecular formula is C13H26N2O3. The predicted molar refractivity (Wildman–Crippen MR) is 70.3 cm³/mol. The van der Waals surface area contributed by atoms with Gasteiger partial charge < -0.3 is 20.1 Å². The molecule has 5 heteroatoms. The monoisotopic (exact) mass is 258 g/mol. The van der Waals surface area contributed by atoms with Gasteiger partial charge in [-0.05, 0) is 32.2 Å². The largest absolute Gasteiger partial charge is 0.378 e. The van der Waals surface area contributed by atoms with E-state index in [2.05, 4.69) is 0 Å². The lowest BCUT2D eigenvalue weighted by Crippen LogP contribution is -2.42. The molecule has 0 bridgehead atoms. The van der Waals surface area contributed by atoms with Crippen molar-refractivity contribution in [2.24, 2.45) is 5.73 Å². The predicted octanol–water partition coefficient (Wildman–Crippen LogP) is 0.769. The van der Waals surface area contributed by atoms with Crippen LogP contribution in [0, 0.1) is 0 Å². The van der Waals surface area contributed by atoms with Gasteiger partial charge in [-0.2, -0.15) is 0 Å². The second-order valence-electron chi connectivity index (χ2n) is 4.65. The van der Waals surface area contributed by atoms with Gasteiger partial charge in [0, 0.05) is 26.3 Å². The minimum Gasteiger partial charge on any atom is -0.378 e. The van der Waals surface area contributed by atoms with E-state index in [-0.39, 0.29) is 18.6 Å². The van der Waals surface area contributed by atoms with Crippen LogP contribution in [0.4, 0.5) is 0 Å². The highest BCUT2D eigenvalue weighted by Crippen LogP contribution is 2.14. The van der Waals surface area contributed by atoms with Crippen molar-refractivity contribution in [2.75, 3.05) is 39.5 Å². The summed E-state index contributed by atoms with van der Waals surface area (Å²) >= 11 is 0. The van der Waals surface area contributed by atoms with Crippen molar-refractivity contribution in [3.63, 3.8) is 0 Å². The van der Waals surface area contributed by atoms with Crippen LogP contribution in [0.25, 0.3) is 0 Å². The first-order valence-corrected chi connectivity index (χ1v) is 6.95. The molecule has 1 aliphatic heterocycles. The van der Waals surface area contributed by atoms with Crippen LogP contribution in [-0.2, 0) is 14.3 Å². The van der Waals surface area contributed by atoms with Gasteiger partial charge in [-0.1, -0.05) is 6.92 Å². The van der Waals surface area contributed by atoms with E-state index in [4.69, 9.17) is 15.2 Å². The molecule has 0 unspecified atom stereocenters. The maximum Gasteiger partial charge on any atom is 0.248 e. The van der Waals surface area contributed by atoms with Crippen molar-refractivity contribution >= 4 is 5.91 Å². The standard InChI is InChI=1S/C13H26N2O3/c1-2-9-17-11-13(16)15-7-4-12(5-8-15)18-10-3-6-14/h12H,2-11,14H2,1H3. The third-order valence-electron chi connectivity index (χ3n) is 3.07. The van der Waals surface area contributed by atoms with E-state index in [9.17, 15) is 4.79 Å². The molecule has 0 aromatic rings. The van der Waals surface area contributed by atoms with E-state index < -0.39 is 0 Å². The number of likely N-dealkylation sites (tertiary alicyclic amines) is 1. The smallest absolute Gasteiger partial charge is 0.248 e. The Morgan fingerprint density at radius 3 is 2.67 bits per heavy atom. The van der Waals surface area contributed by atoms with Gasteiger partial charge in [-0.15, -0.1) is 0 Å². The van der Waals surface area contributed by atoms with Crippen LogP contribution in [0.5, 0.6) is 0 Å². The van der Waals surface area contributed by atoms with Crippen LogP contribution in [0.15, 0.2) is 0 Å². The van der Waals surface area contributed by atoms with E-state index in [1.165, 1.54) is 0 Å². The van der Waals surface area contributed by atoms with Crippen molar-refractivity contribution in [1.82, 2.24) is 4.90 Å². The minimum absolute atomic E-state index is 0.101. The SMILES string of the molecule is CCCOCC(=O)N1CCC(OCCCN)CC1. The molecule has 1 saturated heterocycles. The van der Waals surface area contributed by atoms with Crippen molar-refractivity contribution in [3.05, 3.63) is 0 Å². The second kappa shape index (κ2) is 9.30. The first-order chi connectivity index (χ1) is 8.77. The molecule has 1 fully saturated rings. The van der Waals surface area contributed by atoms with Gasteiger partial charge >= 0.3 is 0 Å². The fourth-order valence-electron chi connectivity index (χ4n) is 2.00. The molecule has 2 N–H and O–H groups in total. The van der Waals surface area contributed by atoms with E-state index in [1.807, 2.05) is 11.8 Å². The molecule has 0 saturated carbocycles. The zero-order valence-corrected chi connectivity index (χ0v) is 11.4. The number of ether oxygens (including phenoxy) is 2. The number of nitrogens with zero attached hydrogens (tertiary/aromatic N) is 1. The molecule has 5 nitrogen and oxygen atoms in total. The van der Waals surface area contributed by atoms with Crippen LogP contribution in [0.3, 0.4) is 0 Å². The lowest BCUT2D eigenvalue weighted by Gasteiger charge is -2.31. The average molecular weight is 258 g/mol. The van der Waals surface area contributed by atoms with Gasteiger partial charge in [0.25, 0.3) is 0 Å².